The van der Waals surface area contributed by atoms with Gasteiger partial charge in [0.15, 0.2) is 0 Å². The SMILES string of the molecule is CCOc1ccc(OCCOC(=O)C=Cc2ccc(S(=O)(=O)N3CCCCCC3)cc2)cc1. The number of carbonyl (C=O) groups is 1. The van der Waals surface area contributed by atoms with Gasteiger partial charge in [0.2, 0.25) is 10.0 Å². The molecule has 0 N–H and O–H groups in total. The summed E-state index contributed by atoms with van der Waals surface area (Å²) in [5.74, 6) is 0.945. The molecule has 0 radical (unpaired) electrons. The van der Waals surface area contributed by atoms with Crippen molar-refractivity contribution in [1.29, 1.82) is 0 Å². The number of ether oxygens (including phenoxy) is 3. The van der Waals surface area contributed by atoms with Crippen molar-refractivity contribution in [2.45, 2.75) is 37.5 Å². The van der Waals surface area contributed by atoms with E-state index in [-0.39, 0.29) is 18.1 Å². The molecule has 0 unspecified atom stereocenters. The minimum Gasteiger partial charge on any atom is -0.494 e. The van der Waals surface area contributed by atoms with Crippen LogP contribution < -0.4 is 9.47 Å². The summed E-state index contributed by atoms with van der Waals surface area (Å²) in [6.45, 7) is 4.01. The smallest absolute Gasteiger partial charge is 0.330 e. The predicted octanol–water partition coefficient (Wildman–Crippen LogP) is 4.29. The van der Waals surface area contributed by atoms with Gasteiger partial charge in [-0.3, -0.25) is 0 Å². The first-order valence-corrected chi connectivity index (χ1v) is 12.7. The number of benzene rings is 2. The molecule has 0 amide bonds. The van der Waals surface area contributed by atoms with Gasteiger partial charge in [-0.2, -0.15) is 4.31 Å². The van der Waals surface area contributed by atoms with Crippen LogP contribution in [0.2, 0.25) is 0 Å². The second-order valence-corrected chi connectivity index (χ2v) is 9.58. The minimum absolute atomic E-state index is 0.114. The first kappa shape index (κ1) is 24.8. The van der Waals surface area contributed by atoms with Crippen LogP contribution in [0, 0.1) is 0 Å². The van der Waals surface area contributed by atoms with Crippen LogP contribution in [0.5, 0.6) is 11.5 Å². The monoisotopic (exact) mass is 473 g/mol. The van der Waals surface area contributed by atoms with E-state index in [2.05, 4.69) is 0 Å². The molecule has 1 saturated heterocycles. The molecule has 0 aliphatic carbocycles. The second-order valence-electron chi connectivity index (χ2n) is 7.64. The van der Waals surface area contributed by atoms with Crippen LogP contribution in [0.25, 0.3) is 6.08 Å². The van der Waals surface area contributed by atoms with E-state index in [1.54, 1.807) is 46.8 Å². The predicted molar refractivity (Wildman–Crippen MR) is 127 cm³/mol. The Morgan fingerprint density at radius 1 is 0.879 bits per heavy atom. The van der Waals surface area contributed by atoms with Gasteiger partial charge in [0.1, 0.15) is 24.7 Å². The van der Waals surface area contributed by atoms with Crippen LogP contribution in [0.15, 0.2) is 59.5 Å². The summed E-state index contributed by atoms with van der Waals surface area (Å²) in [6.07, 6.45) is 6.84. The molecule has 2 aromatic carbocycles. The minimum atomic E-state index is -3.48. The summed E-state index contributed by atoms with van der Waals surface area (Å²) < 4.78 is 43.3. The number of carbonyl (C=O) groups excluding carboxylic acids is 1. The maximum atomic E-state index is 12.8. The van der Waals surface area contributed by atoms with Crippen LogP contribution in [0.3, 0.4) is 0 Å². The molecule has 33 heavy (non-hydrogen) atoms. The average Bonchev–Trinajstić information content (AvgIpc) is 3.12. The fourth-order valence-electron chi connectivity index (χ4n) is 3.49. The highest BCUT2D eigenvalue weighted by Crippen LogP contribution is 2.21. The van der Waals surface area contributed by atoms with Gasteiger partial charge in [0, 0.05) is 19.2 Å². The summed E-state index contributed by atoms with van der Waals surface area (Å²) in [5, 5.41) is 0. The molecule has 1 heterocycles. The molecule has 3 rings (SSSR count). The highest BCUT2D eigenvalue weighted by Gasteiger charge is 2.24. The summed E-state index contributed by atoms with van der Waals surface area (Å²) in [5.41, 5.74) is 0.715. The number of hydrogen-bond donors (Lipinski definition) is 0. The Bertz CT molecular complexity index is 1010. The number of sulfonamides is 1. The van der Waals surface area contributed by atoms with Gasteiger partial charge >= 0.3 is 5.97 Å². The topological polar surface area (TPSA) is 82.1 Å². The Kier molecular flexibility index (Phi) is 9.33. The lowest BCUT2D eigenvalue weighted by Crippen LogP contribution is -2.31. The van der Waals surface area contributed by atoms with Gasteiger partial charge in [-0.15, -0.1) is 0 Å². The van der Waals surface area contributed by atoms with Crippen LogP contribution in [-0.4, -0.2) is 51.6 Å². The fraction of sp³-hybridized carbons (Fsp3) is 0.400. The molecule has 7 nitrogen and oxygen atoms in total. The molecule has 1 fully saturated rings. The van der Waals surface area contributed by atoms with Crippen LogP contribution in [-0.2, 0) is 19.6 Å². The third kappa shape index (κ3) is 7.61. The summed E-state index contributed by atoms with van der Waals surface area (Å²) in [4.78, 5) is 12.2. The van der Waals surface area contributed by atoms with Crippen molar-refractivity contribution in [1.82, 2.24) is 4.31 Å². The van der Waals surface area contributed by atoms with E-state index in [0.717, 1.165) is 31.4 Å². The molecule has 178 valence electrons. The van der Waals surface area contributed by atoms with E-state index >= 15 is 0 Å². The molecular formula is C25H31NO6S. The molecule has 0 bridgehead atoms. The zero-order valence-corrected chi connectivity index (χ0v) is 19.8. The number of nitrogens with zero attached hydrogens (tertiary/aromatic N) is 1. The van der Waals surface area contributed by atoms with E-state index < -0.39 is 16.0 Å². The Balaban J connectivity index is 1.44. The van der Waals surface area contributed by atoms with Crippen molar-refractivity contribution >= 4 is 22.1 Å². The first-order valence-electron chi connectivity index (χ1n) is 11.3. The maximum Gasteiger partial charge on any atom is 0.330 e. The average molecular weight is 474 g/mol. The molecule has 2 aromatic rings. The highest BCUT2D eigenvalue weighted by molar-refractivity contribution is 7.89. The van der Waals surface area contributed by atoms with Gasteiger partial charge < -0.3 is 14.2 Å². The van der Waals surface area contributed by atoms with Gasteiger partial charge in [0.25, 0.3) is 0 Å². The van der Waals surface area contributed by atoms with Crippen molar-refractivity contribution in [3.8, 4) is 11.5 Å². The maximum absolute atomic E-state index is 12.8. The van der Waals surface area contributed by atoms with E-state index in [1.165, 1.54) is 6.08 Å². The highest BCUT2D eigenvalue weighted by atomic mass is 32.2. The van der Waals surface area contributed by atoms with Crippen molar-refractivity contribution in [2.24, 2.45) is 0 Å². The molecule has 8 heteroatoms. The van der Waals surface area contributed by atoms with Crippen molar-refractivity contribution in [2.75, 3.05) is 32.9 Å². The van der Waals surface area contributed by atoms with Gasteiger partial charge in [0.05, 0.1) is 11.5 Å². The largest absolute Gasteiger partial charge is 0.494 e. The molecule has 0 aromatic heterocycles. The molecular weight excluding hydrogens is 442 g/mol. The van der Waals surface area contributed by atoms with E-state index in [1.807, 2.05) is 19.1 Å². The summed E-state index contributed by atoms with van der Waals surface area (Å²) in [7, 11) is -3.48. The number of hydrogen-bond acceptors (Lipinski definition) is 6. The normalized spacial score (nSPS) is 15.2. The fourth-order valence-corrected chi connectivity index (χ4v) is 5.01. The zero-order valence-electron chi connectivity index (χ0n) is 18.9. The second kappa shape index (κ2) is 12.4. The number of rotatable bonds is 10. The Morgan fingerprint density at radius 3 is 2.09 bits per heavy atom. The summed E-state index contributed by atoms with van der Waals surface area (Å²) in [6, 6.07) is 13.8. The lowest BCUT2D eigenvalue weighted by atomic mass is 10.2. The van der Waals surface area contributed by atoms with E-state index in [4.69, 9.17) is 14.2 Å². The van der Waals surface area contributed by atoms with Crippen molar-refractivity contribution < 1.29 is 27.4 Å². The Morgan fingerprint density at radius 2 is 1.48 bits per heavy atom. The van der Waals surface area contributed by atoms with Crippen molar-refractivity contribution in [3.63, 3.8) is 0 Å². The van der Waals surface area contributed by atoms with Gasteiger partial charge in [-0.1, -0.05) is 25.0 Å². The molecule has 1 aliphatic heterocycles. The summed E-state index contributed by atoms with van der Waals surface area (Å²) >= 11 is 0. The van der Waals surface area contributed by atoms with Crippen LogP contribution in [0.1, 0.15) is 38.2 Å². The Hall–Kier alpha value is -2.84. The lowest BCUT2D eigenvalue weighted by molar-refractivity contribution is -0.138. The van der Waals surface area contributed by atoms with Crippen LogP contribution in [0.4, 0.5) is 0 Å². The third-order valence-electron chi connectivity index (χ3n) is 5.23. The molecule has 0 saturated carbocycles. The lowest BCUT2D eigenvalue weighted by Gasteiger charge is -2.19. The molecule has 0 spiro atoms. The Labute approximate surface area is 196 Å². The third-order valence-corrected chi connectivity index (χ3v) is 7.14. The standard InChI is InChI=1S/C25H31NO6S/c1-2-30-22-10-12-23(13-11-22)31-19-20-32-25(27)16-9-21-7-14-24(15-8-21)33(28,29)26-17-5-3-4-6-18-26/h7-16H,2-6,17-20H2,1H3. The quantitative estimate of drug-likeness (QED) is 0.291. The number of esters is 1. The van der Waals surface area contributed by atoms with Gasteiger partial charge in [-0.25, -0.2) is 13.2 Å². The first-order chi connectivity index (χ1) is 16.0. The zero-order chi connectivity index (χ0) is 23.5. The molecule has 1 aliphatic rings. The van der Waals surface area contributed by atoms with E-state index in [0.29, 0.717) is 31.0 Å². The molecule has 0 atom stereocenters. The van der Waals surface area contributed by atoms with Gasteiger partial charge in [-0.05, 0) is 67.8 Å². The van der Waals surface area contributed by atoms with E-state index in [9.17, 15) is 13.2 Å². The van der Waals surface area contributed by atoms with Crippen molar-refractivity contribution in [3.05, 3.63) is 60.2 Å². The van der Waals surface area contributed by atoms with Crippen LogP contribution >= 0.6 is 0 Å².